The maximum absolute atomic E-state index is 13.6. The summed E-state index contributed by atoms with van der Waals surface area (Å²) in [7, 11) is -2.44. The first-order chi connectivity index (χ1) is 16.4. The van der Waals surface area contributed by atoms with Gasteiger partial charge in [-0.05, 0) is 54.7 Å². The second kappa shape index (κ2) is 11.8. The van der Waals surface area contributed by atoms with Crippen molar-refractivity contribution in [1.29, 1.82) is 0 Å². The number of hydrogen-bond acceptors (Lipinski definition) is 7. The summed E-state index contributed by atoms with van der Waals surface area (Å²) in [6.45, 7) is 4.81. The maximum Gasteiger partial charge on any atom is 0.265 e. The second-order valence-electron chi connectivity index (χ2n) is 8.52. The fraction of sp³-hybridized carbons (Fsp3) is 0.480. The van der Waals surface area contributed by atoms with Crippen molar-refractivity contribution in [2.45, 2.75) is 42.2 Å². The van der Waals surface area contributed by atoms with Gasteiger partial charge < -0.3 is 14.4 Å². The molecule has 0 saturated carbocycles. The van der Waals surface area contributed by atoms with Crippen LogP contribution in [0.4, 0.5) is 0 Å². The van der Waals surface area contributed by atoms with Gasteiger partial charge in [-0.1, -0.05) is 37.6 Å². The van der Waals surface area contributed by atoms with Crippen molar-refractivity contribution in [3.63, 3.8) is 0 Å². The van der Waals surface area contributed by atoms with Gasteiger partial charge in [0.2, 0.25) is 0 Å². The Morgan fingerprint density at radius 1 is 1.03 bits per heavy atom. The summed E-state index contributed by atoms with van der Waals surface area (Å²) in [6, 6.07) is 14.2. The zero-order valence-corrected chi connectivity index (χ0v) is 20.6. The third kappa shape index (κ3) is 5.60. The Hall–Kier alpha value is -2.46. The highest BCUT2D eigenvalue weighted by Crippen LogP contribution is 2.36. The summed E-state index contributed by atoms with van der Waals surface area (Å²) in [5, 5.41) is 9.35. The predicted molar refractivity (Wildman–Crippen MR) is 130 cm³/mol. The third-order valence-corrected chi connectivity index (χ3v) is 8.94. The normalized spacial score (nSPS) is 16.2. The fourth-order valence-electron chi connectivity index (χ4n) is 4.21. The number of benzene rings is 2. The molecular weight excluding hydrogens is 456 g/mol. The van der Waals surface area contributed by atoms with E-state index in [1.165, 1.54) is 12.1 Å². The Labute approximate surface area is 201 Å². The van der Waals surface area contributed by atoms with Crippen LogP contribution in [0.5, 0.6) is 5.75 Å². The number of amides is 1. The molecule has 2 aromatic carbocycles. The number of ether oxygens (including phenoxy) is 2. The number of unbranched alkanes of at least 4 members (excludes halogenated alkanes) is 1. The van der Waals surface area contributed by atoms with E-state index in [-0.39, 0.29) is 17.7 Å². The number of hydroxylamine groups is 1. The molecule has 0 spiro atoms. The van der Waals surface area contributed by atoms with E-state index in [0.29, 0.717) is 32.8 Å². The molecular formula is C25H34N2O6S. The minimum atomic E-state index is -4.05. The molecule has 9 heteroatoms. The van der Waals surface area contributed by atoms with E-state index in [9.17, 15) is 18.4 Å². The highest BCUT2D eigenvalue weighted by Gasteiger charge is 2.52. The van der Waals surface area contributed by atoms with Crippen molar-refractivity contribution in [3.05, 3.63) is 48.5 Å². The van der Waals surface area contributed by atoms with E-state index in [1.807, 2.05) is 24.3 Å². The molecule has 1 heterocycles. The summed E-state index contributed by atoms with van der Waals surface area (Å²) in [5.74, 6) is -0.0909. The van der Waals surface area contributed by atoms with Gasteiger partial charge in [-0.3, -0.25) is 10.0 Å². The molecule has 8 nitrogen and oxygen atoms in total. The van der Waals surface area contributed by atoms with Crippen molar-refractivity contribution in [3.8, 4) is 16.9 Å². The maximum atomic E-state index is 13.6. The van der Waals surface area contributed by atoms with Crippen LogP contribution in [0.3, 0.4) is 0 Å². The lowest BCUT2D eigenvalue weighted by Crippen LogP contribution is -2.58. The van der Waals surface area contributed by atoms with Gasteiger partial charge in [-0.2, -0.15) is 0 Å². The van der Waals surface area contributed by atoms with E-state index in [0.717, 1.165) is 29.7 Å². The summed E-state index contributed by atoms with van der Waals surface area (Å²) in [5.41, 5.74) is 3.38. The van der Waals surface area contributed by atoms with Gasteiger partial charge in [0.05, 0.1) is 18.1 Å². The van der Waals surface area contributed by atoms with Gasteiger partial charge in [0, 0.05) is 26.7 Å². The molecule has 34 heavy (non-hydrogen) atoms. The Kier molecular flexibility index (Phi) is 9.07. The molecule has 1 amide bonds. The van der Waals surface area contributed by atoms with Crippen molar-refractivity contribution in [2.75, 3.05) is 40.0 Å². The molecule has 1 aliphatic rings. The molecule has 0 radical (unpaired) electrons. The van der Waals surface area contributed by atoms with Crippen LogP contribution in [0.25, 0.3) is 11.1 Å². The SMILES string of the molecule is CCCCOc1ccc(-c2ccc(S(=O)(=O)C3(C(=O)NO)CCN(CCOC)CC3)cc2)cc1. The van der Waals surface area contributed by atoms with Crippen LogP contribution in [0, 0.1) is 0 Å². The number of carbonyl (C=O) groups is 1. The van der Waals surface area contributed by atoms with Gasteiger partial charge in [0.25, 0.3) is 5.91 Å². The van der Waals surface area contributed by atoms with Gasteiger partial charge >= 0.3 is 0 Å². The molecule has 3 rings (SSSR count). The number of nitrogens with zero attached hydrogens (tertiary/aromatic N) is 1. The molecule has 1 fully saturated rings. The molecule has 2 aromatic rings. The lowest BCUT2D eigenvalue weighted by Gasteiger charge is -2.39. The summed E-state index contributed by atoms with van der Waals surface area (Å²) in [4.78, 5) is 14.8. The van der Waals surface area contributed by atoms with E-state index in [4.69, 9.17) is 9.47 Å². The van der Waals surface area contributed by atoms with Crippen LogP contribution in [0.2, 0.25) is 0 Å². The van der Waals surface area contributed by atoms with Crippen LogP contribution in [0.15, 0.2) is 53.4 Å². The van der Waals surface area contributed by atoms with Crippen LogP contribution >= 0.6 is 0 Å². The quantitative estimate of drug-likeness (QED) is 0.283. The number of piperidine rings is 1. The lowest BCUT2D eigenvalue weighted by molar-refractivity contribution is -0.133. The standard InChI is InChI=1S/C25H34N2O6S/c1-3-4-18-33-22-9-5-20(6-10-22)21-7-11-23(12-8-21)34(30,31)25(24(28)26-29)13-15-27(16-14-25)17-19-32-2/h5-12,29H,3-4,13-19H2,1-2H3,(H,26,28). The predicted octanol–water partition coefficient (Wildman–Crippen LogP) is 3.29. The minimum absolute atomic E-state index is 0.0599. The second-order valence-corrected chi connectivity index (χ2v) is 10.8. The van der Waals surface area contributed by atoms with Crippen molar-refractivity contribution in [2.24, 2.45) is 0 Å². The Morgan fingerprint density at radius 3 is 2.15 bits per heavy atom. The largest absolute Gasteiger partial charge is 0.494 e. The molecule has 0 atom stereocenters. The minimum Gasteiger partial charge on any atom is -0.494 e. The number of hydrogen-bond donors (Lipinski definition) is 2. The van der Waals surface area contributed by atoms with Crippen LogP contribution in [-0.4, -0.2) is 69.1 Å². The molecule has 0 aliphatic carbocycles. The average Bonchev–Trinajstić information content (AvgIpc) is 2.88. The van der Waals surface area contributed by atoms with Crippen LogP contribution in [0.1, 0.15) is 32.6 Å². The fourth-order valence-corrected chi connectivity index (χ4v) is 6.16. The topological polar surface area (TPSA) is 105 Å². The molecule has 186 valence electrons. The van der Waals surface area contributed by atoms with Crippen LogP contribution < -0.4 is 10.2 Å². The van der Waals surface area contributed by atoms with Gasteiger partial charge in [-0.15, -0.1) is 0 Å². The van der Waals surface area contributed by atoms with E-state index in [1.54, 1.807) is 24.7 Å². The van der Waals surface area contributed by atoms with Gasteiger partial charge in [-0.25, -0.2) is 13.9 Å². The summed E-state index contributed by atoms with van der Waals surface area (Å²) >= 11 is 0. The van der Waals surface area contributed by atoms with Gasteiger partial charge in [0.15, 0.2) is 14.6 Å². The third-order valence-electron chi connectivity index (χ3n) is 6.42. The smallest absolute Gasteiger partial charge is 0.265 e. The lowest BCUT2D eigenvalue weighted by atomic mass is 9.95. The van der Waals surface area contributed by atoms with Gasteiger partial charge in [0.1, 0.15) is 5.75 Å². The molecule has 0 aromatic heterocycles. The molecule has 2 N–H and O–H groups in total. The highest BCUT2D eigenvalue weighted by molar-refractivity contribution is 7.93. The molecule has 0 unspecified atom stereocenters. The number of likely N-dealkylation sites (tertiary alicyclic amines) is 1. The molecule has 1 saturated heterocycles. The average molecular weight is 491 g/mol. The van der Waals surface area contributed by atoms with E-state index in [2.05, 4.69) is 11.8 Å². The molecule has 1 aliphatic heterocycles. The number of carbonyl (C=O) groups excluding carboxylic acids is 1. The Balaban J connectivity index is 1.79. The number of nitrogens with one attached hydrogen (secondary N) is 1. The first-order valence-corrected chi connectivity index (χ1v) is 13.1. The number of sulfone groups is 1. The number of rotatable bonds is 11. The zero-order chi connectivity index (χ0) is 24.6. The monoisotopic (exact) mass is 490 g/mol. The van der Waals surface area contributed by atoms with E-state index < -0.39 is 20.5 Å². The summed E-state index contributed by atoms with van der Waals surface area (Å²) < 4.78 is 36.3. The Bertz CT molecular complexity index is 1030. The van der Waals surface area contributed by atoms with Crippen molar-refractivity contribution in [1.82, 2.24) is 10.4 Å². The number of methoxy groups -OCH3 is 1. The van der Waals surface area contributed by atoms with Crippen LogP contribution in [-0.2, 0) is 19.4 Å². The molecule has 0 bridgehead atoms. The first-order valence-electron chi connectivity index (χ1n) is 11.6. The highest BCUT2D eigenvalue weighted by atomic mass is 32.2. The van der Waals surface area contributed by atoms with Crippen molar-refractivity contribution < 1.29 is 27.9 Å². The van der Waals surface area contributed by atoms with E-state index >= 15 is 0 Å². The zero-order valence-electron chi connectivity index (χ0n) is 19.8. The first kappa shape index (κ1) is 26.2. The Morgan fingerprint density at radius 2 is 1.62 bits per heavy atom. The van der Waals surface area contributed by atoms with Crippen molar-refractivity contribution >= 4 is 15.7 Å². The summed E-state index contributed by atoms with van der Waals surface area (Å²) in [6.07, 6.45) is 2.25.